The van der Waals surface area contributed by atoms with Gasteiger partial charge in [0.1, 0.15) is 5.69 Å². The summed E-state index contributed by atoms with van der Waals surface area (Å²) >= 11 is 0. The summed E-state index contributed by atoms with van der Waals surface area (Å²) in [6.45, 7) is 8.73. The maximum atomic E-state index is 13.0. The Balaban J connectivity index is 1.51. The van der Waals surface area contributed by atoms with E-state index >= 15 is 0 Å². The molecule has 0 bridgehead atoms. The molecule has 9 nitrogen and oxygen atoms in total. The van der Waals surface area contributed by atoms with Crippen molar-refractivity contribution in [1.29, 1.82) is 0 Å². The van der Waals surface area contributed by atoms with Gasteiger partial charge in [-0.2, -0.15) is 5.10 Å². The smallest absolute Gasteiger partial charge is 0.338 e. The van der Waals surface area contributed by atoms with E-state index in [1.165, 1.54) is 24.3 Å². The van der Waals surface area contributed by atoms with E-state index in [2.05, 4.69) is 5.32 Å². The summed E-state index contributed by atoms with van der Waals surface area (Å²) in [6, 6.07) is 5.72. The van der Waals surface area contributed by atoms with Crippen molar-refractivity contribution in [2.45, 2.75) is 57.9 Å². The Morgan fingerprint density at radius 3 is 2.50 bits per heavy atom. The van der Waals surface area contributed by atoms with Gasteiger partial charge in [-0.3, -0.25) is 9.48 Å². The lowest BCUT2D eigenvalue weighted by molar-refractivity contribution is 0.0159. The number of sulfone groups is 1. The van der Waals surface area contributed by atoms with E-state index in [1.54, 1.807) is 4.68 Å². The highest BCUT2D eigenvalue weighted by molar-refractivity contribution is 7.90. The first-order chi connectivity index (χ1) is 16.9. The third kappa shape index (κ3) is 5.64. The number of hydrogen-bond acceptors (Lipinski definition) is 7. The van der Waals surface area contributed by atoms with E-state index in [0.29, 0.717) is 44.0 Å². The molecule has 0 atom stereocenters. The van der Waals surface area contributed by atoms with Gasteiger partial charge in [-0.1, -0.05) is 13.8 Å². The van der Waals surface area contributed by atoms with Crippen LogP contribution in [0.5, 0.6) is 0 Å². The molecular weight excluding hydrogens is 482 g/mol. The molecule has 2 aliphatic rings. The molecular formula is C26H35N3O6S. The van der Waals surface area contributed by atoms with Crippen LogP contribution in [-0.4, -0.2) is 62.7 Å². The molecule has 1 N–H and O–H groups in total. The van der Waals surface area contributed by atoms with Crippen LogP contribution in [0.25, 0.3) is 0 Å². The maximum absolute atomic E-state index is 13.0. The number of aromatic nitrogens is 2. The highest BCUT2D eigenvalue weighted by atomic mass is 32.2. The van der Waals surface area contributed by atoms with Crippen LogP contribution in [0.4, 0.5) is 0 Å². The van der Waals surface area contributed by atoms with E-state index < -0.39 is 21.2 Å². The van der Waals surface area contributed by atoms with Crippen LogP contribution in [0.2, 0.25) is 0 Å². The molecule has 0 saturated carbocycles. The minimum absolute atomic E-state index is 0.0374. The van der Waals surface area contributed by atoms with Crippen LogP contribution in [0, 0.1) is 10.8 Å². The monoisotopic (exact) mass is 517 g/mol. The number of carbonyl (C=O) groups excluding carboxylic acids is 2. The van der Waals surface area contributed by atoms with Crippen LogP contribution in [0.15, 0.2) is 29.2 Å². The molecule has 3 heterocycles. The Morgan fingerprint density at radius 1 is 1.22 bits per heavy atom. The molecule has 196 valence electrons. The van der Waals surface area contributed by atoms with Crippen molar-refractivity contribution >= 4 is 21.7 Å². The first-order valence-electron chi connectivity index (χ1n) is 12.3. The minimum atomic E-state index is -3.34. The number of fused-ring (bicyclic) bond motifs is 1. The Bertz CT molecular complexity index is 1240. The summed E-state index contributed by atoms with van der Waals surface area (Å²) in [5, 5.41) is 7.93. The first kappa shape index (κ1) is 26.3. The van der Waals surface area contributed by atoms with Gasteiger partial charge in [0.2, 0.25) is 0 Å². The van der Waals surface area contributed by atoms with Gasteiger partial charge >= 0.3 is 5.97 Å². The number of carbonyl (C=O) groups is 2. The second kappa shape index (κ2) is 9.97. The maximum Gasteiger partial charge on any atom is 0.338 e. The van der Waals surface area contributed by atoms with Gasteiger partial charge in [-0.05, 0) is 55.9 Å². The quantitative estimate of drug-likeness (QED) is 0.562. The van der Waals surface area contributed by atoms with Crippen molar-refractivity contribution in [2.75, 3.05) is 32.6 Å². The molecule has 1 spiro atoms. The fraction of sp³-hybridized carbons (Fsp3) is 0.577. The molecule has 0 radical (unpaired) electrons. The van der Waals surface area contributed by atoms with Gasteiger partial charge < -0.3 is 14.8 Å². The van der Waals surface area contributed by atoms with Crippen molar-refractivity contribution in [3.63, 3.8) is 0 Å². The minimum Gasteiger partial charge on any atom is -0.462 e. The van der Waals surface area contributed by atoms with Crippen LogP contribution < -0.4 is 5.32 Å². The summed E-state index contributed by atoms with van der Waals surface area (Å²) in [7, 11) is -3.34. The second-order valence-electron chi connectivity index (χ2n) is 10.8. The highest BCUT2D eigenvalue weighted by Gasteiger charge is 2.40. The molecule has 2 aromatic rings. The Hall–Kier alpha value is -2.72. The normalized spacial score (nSPS) is 17.8. The lowest BCUT2D eigenvalue weighted by Crippen LogP contribution is -2.40. The topological polar surface area (TPSA) is 117 Å². The number of aryl methyl sites for hydroxylation is 1. The second-order valence-corrected chi connectivity index (χ2v) is 12.8. The van der Waals surface area contributed by atoms with Crippen molar-refractivity contribution in [2.24, 2.45) is 10.8 Å². The van der Waals surface area contributed by atoms with E-state index in [0.717, 1.165) is 36.8 Å². The van der Waals surface area contributed by atoms with Gasteiger partial charge in [0.15, 0.2) is 9.84 Å². The van der Waals surface area contributed by atoms with Gasteiger partial charge in [-0.25, -0.2) is 13.2 Å². The molecule has 4 rings (SSSR count). The number of benzene rings is 1. The summed E-state index contributed by atoms with van der Waals surface area (Å²) in [4.78, 5) is 25.8. The summed E-state index contributed by atoms with van der Waals surface area (Å²) in [6.07, 6.45) is 4.22. The number of ether oxygens (including phenoxy) is 2. The Morgan fingerprint density at radius 2 is 1.89 bits per heavy atom. The van der Waals surface area contributed by atoms with Crippen molar-refractivity contribution < 1.29 is 27.5 Å². The van der Waals surface area contributed by atoms with E-state index in [1.807, 2.05) is 20.8 Å². The van der Waals surface area contributed by atoms with Gasteiger partial charge in [0.25, 0.3) is 5.91 Å². The number of hydrogen-bond donors (Lipinski definition) is 1. The average molecular weight is 518 g/mol. The molecule has 1 amide bonds. The predicted molar refractivity (Wildman–Crippen MR) is 134 cm³/mol. The SMILES string of the molecule is CCn1nc(CC(C)(C)COC(=O)c2ccc(S(C)(=O)=O)cc2)c2c1C(=O)NCC1(CCOCC1)C2. The Kier molecular flexibility index (Phi) is 7.30. The van der Waals surface area contributed by atoms with Gasteiger partial charge in [0.05, 0.1) is 22.8 Å². The fourth-order valence-electron chi connectivity index (χ4n) is 4.99. The van der Waals surface area contributed by atoms with Crippen molar-refractivity contribution in [3.05, 3.63) is 46.8 Å². The average Bonchev–Trinajstić information content (AvgIpc) is 3.09. The van der Waals surface area contributed by atoms with Crippen LogP contribution in [-0.2, 0) is 38.7 Å². The predicted octanol–water partition coefficient (Wildman–Crippen LogP) is 2.81. The first-order valence-corrected chi connectivity index (χ1v) is 14.2. The lowest BCUT2D eigenvalue weighted by atomic mass is 9.74. The standard InChI is InChI=1S/C26H35N3O6S/c1-5-29-22-20(14-26(16-27-23(22)30)10-12-34-13-11-26)21(28-29)15-25(2,3)17-35-24(31)18-6-8-19(9-7-18)36(4,32)33/h6-9H,5,10-17H2,1-4H3,(H,27,30). The Labute approximate surface area is 212 Å². The zero-order valence-corrected chi connectivity index (χ0v) is 22.2. The molecule has 1 aromatic heterocycles. The van der Waals surface area contributed by atoms with E-state index in [9.17, 15) is 18.0 Å². The number of amides is 1. The van der Waals surface area contributed by atoms with Crippen molar-refractivity contribution in [1.82, 2.24) is 15.1 Å². The molecule has 10 heteroatoms. The molecule has 36 heavy (non-hydrogen) atoms. The number of nitrogens with zero attached hydrogens (tertiary/aromatic N) is 2. The fourth-order valence-corrected chi connectivity index (χ4v) is 5.62. The van der Waals surface area contributed by atoms with Crippen LogP contribution in [0.1, 0.15) is 65.7 Å². The van der Waals surface area contributed by atoms with Gasteiger partial charge in [0, 0.05) is 50.0 Å². The summed E-state index contributed by atoms with van der Waals surface area (Å²) in [5.74, 6) is -0.600. The third-order valence-electron chi connectivity index (χ3n) is 7.14. The van der Waals surface area contributed by atoms with Crippen molar-refractivity contribution in [3.8, 4) is 0 Å². The molecule has 1 aromatic carbocycles. The highest BCUT2D eigenvalue weighted by Crippen LogP contribution is 2.38. The summed E-state index contributed by atoms with van der Waals surface area (Å²) in [5.41, 5.74) is 2.31. The molecule has 2 aliphatic heterocycles. The number of nitrogens with one attached hydrogen (secondary N) is 1. The lowest BCUT2D eigenvalue weighted by Gasteiger charge is -2.36. The zero-order valence-electron chi connectivity index (χ0n) is 21.4. The van der Waals surface area contributed by atoms with Crippen LogP contribution >= 0.6 is 0 Å². The molecule has 1 saturated heterocycles. The zero-order chi connectivity index (χ0) is 26.1. The van der Waals surface area contributed by atoms with E-state index in [-0.39, 0.29) is 22.8 Å². The third-order valence-corrected chi connectivity index (χ3v) is 8.26. The molecule has 0 aliphatic carbocycles. The largest absolute Gasteiger partial charge is 0.462 e. The molecule has 1 fully saturated rings. The van der Waals surface area contributed by atoms with Crippen LogP contribution in [0.3, 0.4) is 0 Å². The molecule has 0 unspecified atom stereocenters. The van der Waals surface area contributed by atoms with E-state index in [4.69, 9.17) is 14.6 Å². The summed E-state index contributed by atoms with van der Waals surface area (Å²) < 4.78 is 36.3. The number of esters is 1. The van der Waals surface area contributed by atoms with Gasteiger partial charge in [-0.15, -0.1) is 0 Å². The number of rotatable bonds is 7.